The molecule has 0 amide bonds. The molecule has 2 heterocycles. The van der Waals surface area contributed by atoms with Crippen LogP contribution in [0.5, 0.6) is 0 Å². The molecule has 2 aromatic heterocycles. The Morgan fingerprint density at radius 2 is 2.17 bits per heavy atom. The van der Waals surface area contributed by atoms with E-state index in [2.05, 4.69) is 24.2 Å². The first-order valence-electron chi connectivity index (χ1n) is 8.19. The van der Waals surface area contributed by atoms with Crippen molar-refractivity contribution in [2.24, 2.45) is 0 Å². The maximum atomic E-state index is 13.0. The van der Waals surface area contributed by atoms with E-state index in [-0.39, 0.29) is 5.78 Å². The molecule has 1 aliphatic rings. The molecule has 1 atom stereocenters. The van der Waals surface area contributed by atoms with E-state index in [1.807, 2.05) is 28.3 Å². The van der Waals surface area contributed by atoms with Gasteiger partial charge in [0.15, 0.2) is 17.4 Å². The maximum Gasteiger partial charge on any atom is 0.271 e. The Kier molecular flexibility index (Phi) is 5.53. The molecule has 1 N–H and O–H groups in total. The normalized spacial score (nSPS) is 14.5. The minimum Gasteiger partial charge on any atom is -0.370 e. The smallest absolute Gasteiger partial charge is 0.271 e. The molecule has 0 fully saturated rings. The Morgan fingerprint density at radius 3 is 2.88 bits per heavy atom. The number of hydrogen-bond donors (Lipinski definition) is 1. The molecule has 0 spiro atoms. The van der Waals surface area contributed by atoms with Crippen LogP contribution in [0.25, 0.3) is 0 Å². The molecular weight excluding hydrogens is 336 g/mol. The molecular formula is C19H21N2OS2+. The van der Waals surface area contributed by atoms with Crippen molar-refractivity contribution in [1.82, 2.24) is 5.32 Å². The molecule has 0 saturated carbocycles. The summed E-state index contributed by atoms with van der Waals surface area (Å²) < 4.78 is 1.96. The van der Waals surface area contributed by atoms with Gasteiger partial charge in [-0.05, 0) is 42.7 Å². The van der Waals surface area contributed by atoms with Crippen molar-refractivity contribution in [3.63, 3.8) is 0 Å². The summed E-state index contributed by atoms with van der Waals surface area (Å²) in [5, 5.41) is 5.05. The number of nitrogens with zero attached hydrogens (tertiary/aromatic N) is 1. The van der Waals surface area contributed by atoms with Gasteiger partial charge in [-0.15, -0.1) is 17.9 Å². The van der Waals surface area contributed by atoms with Gasteiger partial charge in [0.25, 0.3) is 6.04 Å². The number of rotatable bonds is 6. The van der Waals surface area contributed by atoms with Crippen molar-refractivity contribution in [3.8, 4) is 0 Å². The first kappa shape index (κ1) is 17.0. The van der Waals surface area contributed by atoms with Crippen molar-refractivity contribution in [1.29, 1.82) is 0 Å². The second-order valence-corrected chi connectivity index (χ2v) is 7.32. The fraction of sp³-hybridized carbons (Fsp3) is 0.316. The van der Waals surface area contributed by atoms with Gasteiger partial charge in [0.1, 0.15) is 0 Å². The van der Waals surface area contributed by atoms with E-state index in [4.69, 9.17) is 12.2 Å². The van der Waals surface area contributed by atoms with E-state index in [0.29, 0.717) is 11.5 Å². The number of hydrogen-bond acceptors (Lipinski definition) is 3. The molecule has 1 unspecified atom stereocenters. The van der Waals surface area contributed by atoms with Crippen molar-refractivity contribution in [2.75, 3.05) is 6.54 Å². The minimum absolute atomic E-state index is 0.0346. The van der Waals surface area contributed by atoms with Gasteiger partial charge < -0.3 is 5.32 Å². The molecule has 0 aromatic carbocycles. The SMILES string of the molecule is C=CCNC(=S)C(C(=O)c1cccs1)[n+]1ccc2c(c1)CCCC2. The topological polar surface area (TPSA) is 33.0 Å². The molecule has 24 heavy (non-hydrogen) atoms. The third-order valence-electron chi connectivity index (χ3n) is 4.29. The Bertz CT molecular complexity index is 753. The van der Waals surface area contributed by atoms with Crippen LogP contribution >= 0.6 is 23.6 Å². The first-order valence-corrected chi connectivity index (χ1v) is 9.48. The number of fused-ring (bicyclic) bond motifs is 1. The van der Waals surface area contributed by atoms with Gasteiger partial charge >= 0.3 is 0 Å². The lowest BCUT2D eigenvalue weighted by Gasteiger charge is -2.17. The van der Waals surface area contributed by atoms with Crippen LogP contribution in [0.2, 0.25) is 0 Å². The number of thiophene rings is 1. The predicted octanol–water partition coefficient (Wildman–Crippen LogP) is 3.44. The van der Waals surface area contributed by atoms with E-state index >= 15 is 0 Å². The monoisotopic (exact) mass is 357 g/mol. The number of thiocarbonyl (C=S) groups is 1. The number of carbonyl (C=O) groups excluding carboxylic acids is 1. The number of aryl methyl sites for hydroxylation is 2. The van der Waals surface area contributed by atoms with Crippen molar-refractivity contribution in [2.45, 2.75) is 31.7 Å². The molecule has 0 bridgehead atoms. The fourth-order valence-corrected chi connectivity index (χ4v) is 4.06. The Balaban J connectivity index is 1.96. The van der Waals surface area contributed by atoms with Crippen LogP contribution in [-0.2, 0) is 12.8 Å². The summed E-state index contributed by atoms with van der Waals surface area (Å²) in [5.74, 6) is 0.0346. The molecule has 3 rings (SSSR count). The lowest BCUT2D eigenvalue weighted by Crippen LogP contribution is -2.51. The van der Waals surface area contributed by atoms with Crippen molar-refractivity contribution >= 4 is 34.3 Å². The Hall–Kier alpha value is -1.85. The van der Waals surface area contributed by atoms with Gasteiger partial charge in [0.05, 0.1) is 4.88 Å². The van der Waals surface area contributed by atoms with Crippen molar-refractivity contribution in [3.05, 3.63) is 64.6 Å². The van der Waals surface area contributed by atoms with Crippen LogP contribution in [0.3, 0.4) is 0 Å². The summed E-state index contributed by atoms with van der Waals surface area (Å²) in [4.78, 5) is 14.3. The van der Waals surface area contributed by atoms with Gasteiger partial charge in [0, 0.05) is 18.2 Å². The standard InChI is InChI=1S/C19H20N2OS2/c1-2-10-20-19(23)17(18(22)16-8-5-12-24-16)21-11-9-14-6-3-4-7-15(14)13-21/h2,5,8-9,11-13,17H,1,3-4,6-7,10H2/p+1. The van der Waals surface area contributed by atoms with E-state index in [1.165, 1.54) is 35.3 Å². The van der Waals surface area contributed by atoms with Crippen LogP contribution in [0.4, 0.5) is 0 Å². The number of nitrogens with one attached hydrogen (secondary N) is 1. The summed E-state index contributed by atoms with van der Waals surface area (Å²) in [6, 6.07) is 5.38. The maximum absolute atomic E-state index is 13.0. The summed E-state index contributed by atoms with van der Waals surface area (Å²) in [5.41, 5.74) is 2.73. The van der Waals surface area contributed by atoms with E-state index in [0.717, 1.165) is 17.7 Å². The minimum atomic E-state index is -0.508. The summed E-state index contributed by atoms with van der Waals surface area (Å²) >= 11 is 6.99. The van der Waals surface area contributed by atoms with Gasteiger partial charge in [-0.2, -0.15) is 4.57 Å². The van der Waals surface area contributed by atoms with Gasteiger partial charge in [-0.25, -0.2) is 0 Å². The van der Waals surface area contributed by atoms with Crippen LogP contribution in [0, 0.1) is 0 Å². The third-order valence-corrected chi connectivity index (χ3v) is 5.54. The highest BCUT2D eigenvalue weighted by atomic mass is 32.1. The third kappa shape index (κ3) is 3.62. The quantitative estimate of drug-likeness (QED) is 0.372. The van der Waals surface area contributed by atoms with E-state index < -0.39 is 6.04 Å². The lowest BCUT2D eigenvalue weighted by molar-refractivity contribution is -0.692. The number of Topliss-reactive ketones (excluding diaryl/α,β-unsaturated/α-hetero) is 1. The zero-order chi connectivity index (χ0) is 16.9. The van der Waals surface area contributed by atoms with E-state index in [1.54, 1.807) is 6.08 Å². The van der Waals surface area contributed by atoms with Crippen LogP contribution < -0.4 is 9.88 Å². The number of pyridine rings is 1. The summed E-state index contributed by atoms with van der Waals surface area (Å²) in [6.45, 7) is 4.26. The fourth-order valence-electron chi connectivity index (χ4n) is 3.06. The number of carbonyl (C=O) groups is 1. The summed E-state index contributed by atoms with van der Waals surface area (Å²) in [6.07, 6.45) is 10.5. The zero-order valence-corrected chi connectivity index (χ0v) is 15.2. The average molecular weight is 358 g/mol. The molecule has 2 aromatic rings. The molecule has 5 heteroatoms. The van der Waals surface area contributed by atoms with Crippen LogP contribution in [0.15, 0.2) is 48.6 Å². The first-order chi connectivity index (χ1) is 11.7. The highest BCUT2D eigenvalue weighted by molar-refractivity contribution is 7.80. The van der Waals surface area contributed by atoms with E-state index in [9.17, 15) is 4.79 Å². The molecule has 3 nitrogen and oxygen atoms in total. The second-order valence-electron chi connectivity index (χ2n) is 5.93. The number of ketones is 1. The van der Waals surface area contributed by atoms with Crippen LogP contribution in [0.1, 0.15) is 39.7 Å². The Labute approximate surface area is 152 Å². The average Bonchev–Trinajstić information content (AvgIpc) is 3.14. The summed E-state index contributed by atoms with van der Waals surface area (Å²) in [7, 11) is 0. The second kappa shape index (κ2) is 7.81. The molecule has 0 radical (unpaired) electrons. The van der Waals surface area contributed by atoms with Crippen LogP contribution in [-0.4, -0.2) is 17.3 Å². The lowest BCUT2D eigenvalue weighted by atomic mass is 9.93. The Morgan fingerprint density at radius 1 is 1.38 bits per heavy atom. The van der Waals surface area contributed by atoms with Gasteiger partial charge in [-0.1, -0.05) is 24.4 Å². The highest BCUT2D eigenvalue weighted by Gasteiger charge is 2.34. The zero-order valence-electron chi connectivity index (χ0n) is 13.5. The molecule has 0 saturated heterocycles. The number of aromatic nitrogens is 1. The largest absolute Gasteiger partial charge is 0.370 e. The van der Waals surface area contributed by atoms with Gasteiger partial charge in [0.2, 0.25) is 5.78 Å². The highest BCUT2D eigenvalue weighted by Crippen LogP contribution is 2.21. The van der Waals surface area contributed by atoms with Gasteiger partial charge in [-0.3, -0.25) is 4.79 Å². The van der Waals surface area contributed by atoms with Crippen molar-refractivity contribution < 1.29 is 9.36 Å². The molecule has 0 aliphatic heterocycles. The molecule has 1 aliphatic carbocycles. The predicted molar refractivity (Wildman–Crippen MR) is 102 cm³/mol. The molecule has 124 valence electrons.